The zero-order chi connectivity index (χ0) is 16.3. The van der Waals surface area contributed by atoms with E-state index in [1.807, 2.05) is 30.7 Å². The summed E-state index contributed by atoms with van der Waals surface area (Å²) in [6, 6.07) is 3.90. The third kappa shape index (κ3) is 2.71. The lowest BCUT2D eigenvalue weighted by atomic mass is 10.1. The second-order valence-electron chi connectivity index (χ2n) is 5.04. The lowest BCUT2D eigenvalue weighted by Crippen LogP contribution is -2.07. The summed E-state index contributed by atoms with van der Waals surface area (Å²) >= 11 is 0. The molecular weight excluding hydrogens is 284 g/mol. The highest BCUT2D eigenvalue weighted by Crippen LogP contribution is 2.41. The predicted octanol–water partition coefficient (Wildman–Crippen LogP) is 2.01. The van der Waals surface area contributed by atoms with Gasteiger partial charge in [0.15, 0.2) is 11.5 Å². The normalized spacial score (nSPS) is 10.9. The van der Waals surface area contributed by atoms with Crippen molar-refractivity contribution in [2.75, 3.05) is 21.3 Å². The van der Waals surface area contributed by atoms with Gasteiger partial charge in [-0.2, -0.15) is 0 Å². The molecule has 0 atom stereocenters. The van der Waals surface area contributed by atoms with E-state index in [4.69, 9.17) is 19.9 Å². The fourth-order valence-corrected chi connectivity index (χ4v) is 2.34. The fourth-order valence-electron chi connectivity index (χ4n) is 2.34. The highest BCUT2D eigenvalue weighted by molar-refractivity contribution is 5.70. The molecule has 0 radical (unpaired) electrons. The molecule has 7 heteroatoms. The molecule has 1 aromatic carbocycles. The van der Waals surface area contributed by atoms with Crippen molar-refractivity contribution >= 4 is 0 Å². The Bertz CT molecular complexity index is 627. The fraction of sp³-hybridized carbons (Fsp3) is 0.467. The zero-order valence-corrected chi connectivity index (χ0v) is 13.6. The number of hydrogen-bond donors (Lipinski definition) is 1. The van der Waals surface area contributed by atoms with E-state index in [1.165, 1.54) is 0 Å². The van der Waals surface area contributed by atoms with Crippen LogP contribution in [0.1, 0.15) is 25.6 Å². The van der Waals surface area contributed by atoms with E-state index in [0.29, 0.717) is 23.8 Å². The number of hydrogen-bond acceptors (Lipinski definition) is 6. The first-order valence-electron chi connectivity index (χ1n) is 7.01. The molecule has 22 heavy (non-hydrogen) atoms. The summed E-state index contributed by atoms with van der Waals surface area (Å²) in [7, 11) is 4.75. The second-order valence-corrected chi connectivity index (χ2v) is 5.04. The van der Waals surface area contributed by atoms with Gasteiger partial charge in [-0.05, 0) is 26.0 Å². The summed E-state index contributed by atoms with van der Waals surface area (Å²) in [6.07, 6.45) is 0. The monoisotopic (exact) mass is 306 g/mol. The van der Waals surface area contributed by atoms with Crippen LogP contribution in [0.5, 0.6) is 17.2 Å². The van der Waals surface area contributed by atoms with Gasteiger partial charge in [0.25, 0.3) is 0 Å². The van der Waals surface area contributed by atoms with E-state index in [9.17, 15) is 0 Å². The summed E-state index contributed by atoms with van der Waals surface area (Å²) in [5, 5.41) is 8.35. The smallest absolute Gasteiger partial charge is 0.203 e. The lowest BCUT2D eigenvalue weighted by Gasteiger charge is -2.16. The maximum atomic E-state index is 5.80. The molecule has 0 bridgehead atoms. The van der Waals surface area contributed by atoms with Crippen LogP contribution in [0.4, 0.5) is 0 Å². The molecule has 0 saturated heterocycles. The molecule has 0 amide bonds. The molecule has 2 N–H and O–H groups in total. The Hall–Kier alpha value is -2.28. The zero-order valence-electron chi connectivity index (χ0n) is 13.6. The quantitative estimate of drug-likeness (QED) is 0.879. The summed E-state index contributed by atoms with van der Waals surface area (Å²) in [6.45, 7) is 4.38. The third-order valence-electron chi connectivity index (χ3n) is 3.38. The number of rotatable bonds is 6. The van der Waals surface area contributed by atoms with E-state index >= 15 is 0 Å². The van der Waals surface area contributed by atoms with E-state index in [1.54, 1.807) is 21.3 Å². The largest absolute Gasteiger partial charge is 0.493 e. The number of methoxy groups -OCH3 is 3. The maximum Gasteiger partial charge on any atom is 0.203 e. The molecule has 0 aliphatic heterocycles. The van der Waals surface area contributed by atoms with Crippen LogP contribution >= 0.6 is 0 Å². The minimum atomic E-state index is 0.155. The minimum Gasteiger partial charge on any atom is -0.493 e. The molecule has 1 heterocycles. The summed E-state index contributed by atoms with van der Waals surface area (Å²) in [5.74, 6) is 1.71. The molecule has 7 nitrogen and oxygen atoms in total. The van der Waals surface area contributed by atoms with Gasteiger partial charge in [0.2, 0.25) is 5.75 Å². The van der Waals surface area contributed by atoms with E-state index in [-0.39, 0.29) is 6.04 Å². The predicted molar refractivity (Wildman–Crippen MR) is 83.4 cm³/mol. The third-order valence-corrected chi connectivity index (χ3v) is 3.38. The summed E-state index contributed by atoms with van der Waals surface area (Å²) < 4.78 is 18.0. The lowest BCUT2D eigenvalue weighted by molar-refractivity contribution is 0.324. The SMILES string of the molecule is COc1cc(-c2c(CN)nnn2C(C)C)cc(OC)c1OC. The van der Waals surface area contributed by atoms with Gasteiger partial charge in [-0.3, -0.25) is 0 Å². The summed E-state index contributed by atoms with van der Waals surface area (Å²) in [4.78, 5) is 0. The van der Waals surface area contributed by atoms with E-state index < -0.39 is 0 Å². The number of nitrogens with zero attached hydrogens (tertiary/aromatic N) is 3. The molecule has 0 saturated carbocycles. The Labute approximate surface area is 130 Å². The summed E-state index contributed by atoms with van der Waals surface area (Å²) in [5.41, 5.74) is 8.25. The van der Waals surface area contributed by atoms with Gasteiger partial charge in [-0.15, -0.1) is 5.10 Å². The van der Waals surface area contributed by atoms with Gasteiger partial charge in [0.1, 0.15) is 5.69 Å². The minimum absolute atomic E-state index is 0.155. The van der Waals surface area contributed by atoms with Crippen molar-refractivity contribution in [1.29, 1.82) is 0 Å². The molecule has 0 fully saturated rings. The molecular formula is C15H22N4O3. The van der Waals surface area contributed by atoms with Crippen molar-refractivity contribution in [3.05, 3.63) is 17.8 Å². The van der Waals surface area contributed by atoms with Gasteiger partial charge in [0, 0.05) is 18.2 Å². The van der Waals surface area contributed by atoms with Gasteiger partial charge >= 0.3 is 0 Å². The molecule has 2 rings (SSSR count). The van der Waals surface area contributed by atoms with E-state index in [2.05, 4.69) is 10.3 Å². The van der Waals surface area contributed by atoms with Crippen molar-refractivity contribution in [2.45, 2.75) is 26.4 Å². The van der Waals surface area contributed by atoms with Crippen molar-refractivity contribution in [2.24, 2.45) is 5.73 Å². The average molecular weight is 306 g/mol. The Kier molecular flexibility index (Phi) is 4.87. The van der Waals surface area contributed by atoms with Crippen LogP contribution < -0.4 is 19.9 Å². The van der Waals surface area contributed by atoms with Crippen molar-refractivity contribution < 1.29 is 14.2 Å². The molecule has 0 aliphatic carbocycles. The topological polar surface area (TPSA) is 84.4 Å². The standard InChI is InChI=1S/C15H22N4O3/c1-9(2)19-14(11(8-16)17-18-19)10-6-12(20-3)15(22-5)13(7-10)21-4/h6-7,9H,8,16H2,1-5H3. The number of ether oxygens (including phenoxy) is 3. The van der Waals surface area contributed by atoms with Crippen LogP contribution in [-0.4, -0.2) is 36.3 Å². The van der Waals surface area contributed by atoms with Crippen LogP contribution in [0.25, 0.3) is 11.3 Å². The highest BCUT2D eigenvalue weighted by Gasteiger charge is 2.20. The Morgan fingerprint density at radius 3 is 2.09 bits per heavy atom. The maximum absolute atomic E-state index is 5.80. The molecule has 120 valence electrons. The van der Waals surface area contributed by atoms with Crippen LogP contribution in [-0.2, 0) is 6.54 Å². The van der Waals surface area contributed by atoms with Gasteiger partial charge in [0.05, 0.1) is 27.0 Å². The Balaban J connectivity index is 2.70. The number of benzene rings is 1. The Morgan fingerprint density at radius 2 is 1.68 bits per heavy atom. The van der Waals surface area contributed by atoms with Crippen LogP contribution in [0.15, 0.2) is 12.1 Å². The van der Waals surface area contributed by atoms with Gasteiger partial charge in [-0.25, -0.2) is 4.68 Å². The van der Waals surface area contributed by atoms with Crippen LogP contribution in [0, 0.1) is 0 Å². The first-order valence-corrected chi connectivity index (χ1v) is 7.01. The van der Waals surface area contributed by atoms with E-state index in [0.717, 1.165) is 17.0 Å². The van der Waals surface area contributed by atoms with Crippen molar-refractivity contribution in [3.8, 4) is 28.5 Å². The van der Waals surface area contributed by atoms with Crippen LogP contribution in [0.2, 0.25) is 0 Å². The first kappa shape index (κ1) is 16.1. The number of nitrogens with two attached hydrogens (primary N) is 1. The van der Waals surface area contributed by atoms with Gasteiger partial charge in [-0.1, -0.05) is 5.21 Å². The van der Waals surface area contributed by atoms with Gasteiger partial charge < -0.3 is 19.9 Å². The second kappa shape index (κ2) is 6.65. The molecule has 0 aliphatic rings. The van der Waals surface area contributed by atoms with Crippen LogP contribution in [0.3, 0.4) is 0 Å². The molecule has 0 spiro atoms. The molecule has 0 unspecified atom stereocenters. The molecule has 2 aromatic rings. The van der Waals surface area contributed by atoms with Crippen molar-refractivity contribution in [1.82, 2.24) is 15.0 Å². The Morgan fingerprint density at radius 1 is 1.09 bits per heavy atom. The number of aromatic nitrogens is 3. The average Bonchev–Trinajstić information content (AvgIpc) is 2.97. The van der Waals surface area contributed by atoms with Crippen molar-refractivity contribution in [3.63, 3.8) is 0 Å². The molecule has 1 aromatic heterocycles. The highest BCUT2D eigenvalue weighted by atomic mass is 16.5. The first-order chi connectivity index (χ1) is 10.6.